The van der Waals surface area contributed by atoms with E-state index in [9.17, 15) is 9.59 Å². The van der Waals surface area contributed by atoms with Gasteiger partial charge in [0.1, 0.15) is 0 Å². The molecular formula is C17H15N5O2. The van der Waals surface area contributed by atoms with Crippen LogP contribution in [-0.4, -0.2) is 26.8 Å². The number of fused-ring (bicyclic) bond motifs is 2. The van der Waals surface area contributed by atoms with E-state index in [1.54, 1.807) is 18.3 Å². The fourth-order valence-corrected chi connectivity index (χ4v) is 2.81. The maximum atomic E-state index is 12.2. The van der Waals surface area contributed by atoms with Gasteiger partial charge in [-0.3, -0.25) is 19.9 Å². The predicted molar refractivity (Wildman–Crippen MR) is 89.9 cm³/mol. The standard InChI is InChI=1S/C17H15N5O2/c1-17(2)10-6-12-13(7-11(10)19-15(17)24)21-16(20-12)22-14(23)9-4-3-5-18-8-9/h3-8H,1-2H3,(H,19,24)(H2,20,21,22,23). The Morgan fingerprint density at radius 3 is 2.88 bits per heavy atom. The molecule has 2 aromatic heterocycles. The van der Waals surface area contributed by atoms with Gasteiger partial charge in [-0.25, -0.2) is 4.98 Å². The summed E-state index contributed by atoms with van der Waals surface area (Å²) in [6, 6.07) is 7.09. The number of aromatic nitrogens is 3. The quantitative estimate of drug-likeness (QED) is 0.675. The first kappa shape index (κ1) is 14.4. The number of pyridine rings is 1. The van der Waals surface area contributed by atoms with Crippen LogP contribution in [0.5, 0.6) is 0 Å². The Morgan fingerprint density at radius 2 is 2.12 bits per heavy atom. The molecule has 4 rings (SSSR count). The highest BCUT2D eigenvalue weighted by Gasteiger charge is 2.38. The van der Waals surface area contributed by atoms with Crippen molar-refractivity contribution in [2.45, 2.75) is 19.3 Å². The zero-order valence-corrected chi connectivity index (χ0v) is 13.2. The van der Waals surface area contributed by atoms with Crippen molar-refractivity contribution in [2.75, 3.05) is 10.6 Å². The Morgan fingerprint density at radius 1 is 1.29 bits per heavy atom. The van der Waals surface area contributed by atoms with Crippen molar-refractivity contribution >= 4 is 34.5 Å². The number of H-pyrrole nitrogens is 1. The Balaban J connectivity index is 1.68. The van der Waals surface area contributed by atoms with Crippen LogP contribution in [0.3, 0.4) is 0 Å². The number of nitrogens with zero attached hydrogens (tertiary/aromatic N) is 2. The molecule has 0 spiro atoms. The van der Waals surface area contributed by atoms with Crippen LogP contribution >= 0.6 is 0 Å². The first-order valence-corrected chi connectivity index (χ1v) is 7.52. The van der Waals surface area contributed by atoms with Crippen LogP contribution in [0.1, 0.15) is 29.8 Å². The summed E-state index contributed by atoms with van der Waals surface area (Å²) in [7, 11) is 0. The average Bonchev–Trinajstić information content (AvgIpc) is 3.04. The zero-order valence-electron chi connectivity index (χ0n) is 13.2. The van der Waals surface area contributed by atoms with E-state index >= 15 is 0 Å². The highest BCUT2D eigenvalue weighted by molar-refractivity contribution is 6.08. The second kappa shape index (κ2) is 4.89. The Bertz CT molecular complexity index is 975. The van der Waals surface area contributed by atoms with E-state index in [1.165, 1.54) is 6.20 Å². The number of amides is 2. The molecule has 0 fully saturated rings. The van der Waals surface area contributed by atoms with Gasteiger partial charge < -0.3 is 10.3 Å². The third-order valence-electron chi connectivity index (χ3n) is 4.27. The summed E-state index contributed by atoms with van der Waals surface area (Å²) in [6.07, 6.45) is 3.10. The number of rotatable bonds is 2. The molecule has 0 saturated carbocycles. The van der Waals surface area contributed by atoms with E-state index in [2.05, 4.69) is 25.6 Å². The van der Waals surface area contributed by atoms with Crippen LogP contribution in [0.25, 0.3) is 11.0 Å². The summed E-state index contributed by atoms with van der Waals surface area (Å²) in [4.78, 5) is 35.6. The first-order chi connectivity index (χ1) is 11.4. The largest absolute Gasteiger partial charge is 0.325 e. The van der Waals surface area contributed by atoms with E-state index in [4.69, 9.17) is 0 Å². The van der Waals surface area contributed by atoms with Crippen molar-refractivity contribution in [1.82, 2.24) is 15.0 Å². The maximum absolute atomic E-state index is 12.2. The number of anilines is 2. The molecule has 3 N–H and O–H groups in total. The van der Waals surface area contributed by atoms with Crippen LogP contribution < -0.4 is 10.6 Å². The summed E-state index contributed by atoms with van der Waals surface area (Å²) in [5, 5.41) is 5.59. The second-order valence-electron chi connectivity index (χ2n) is 6.28. The van der Waals surface area contributed by atoms with Crippen molar-refractivity contribution in [3.8, 4) is 0 Å². The van der Waals surface area contributed by atoms with E-state index in [0.717, 1.165) is 16.8 Å². The lowest BCUT2D eigenvalue weighted by molar-refractivity contribution is -0.119. The van der Waals surface area contributed by atoms with Gasteiger partial charge in [-0.05, 0) is 43.7 Å². The lowest BCUT2D eigenvalue weighted by Crippen LogP contribution is -2.26. The number of imidazole rings is 1. The second-order valence-corrected chi connectivity index (χ2v) is 6.28. The Hall–Kier alpha value is -3.22. The molecule has 0 radical (unpaired) electrons. The third kappa shape index (κ3) is 2.13. The number of carbonyl (C=O) groups is 2. The minimum atomic E-state index is -0.596. The molecule has 1 aliphatic rings. The maximum Gasteiger partial charge on any atom is 0.259 e. The molecule has 120 valence electrons. The number of aromatic amines is 1. The summed E-state index contributed by atoms with van der Waals surface area (Å²) in [5.74, 6) is 0.0326. The monoisotopic (exact) mass is 321 g/mol. The third-order valence-corrected chi connectivity index (χ3v) is 4.27. The molecule has 0 bridgehead atoms. The van der Waals surface area contributed by atoms with Crippen LogP contribution in [-0.2, 0) is 10.2 Å². The lowest BCUT2D eigenvalue weighted by atomic mass is 9.86. The zero-order chi connectivity index (χ0) is 16.9. The molecule has 24 heavy (non-hydrogen) atoms. The van der Waals surface area contributed by atoms with Gasteiger partial charge in [-0.15, -0.1) is 0 Å². The average molecular weight is 321 g/mol. The number of hydrogen-bond donors (Lipinski definition) is 3. The van der Waals surface area contributed by atoms with E-state index in [0.29, 0.717) is 17.0 Å². The van der Waals surface area contributed by atoms with Crippen LogP contribution in [0.15, 0.2) is 36.7 Å². The number of carbonyl (C=O) groups excluding carboxylic acids is 2. The van der Waals surface area contributed by atoms with Gasteiger partial charge in [0.15, 0.2) is 0 Å². The van der Waals surface area contributed by atoms with Crippen molar-refractivity contribution in [3.05, 3.63) is 47.8 Å². The topological polar surface area (TPSA) is 99.8 Å². The summed E-state index contributed by atoms with van der Waals surface area (Å²) >= 11 is 0. The van der Waals surface area contributed by atoms with Gasteiger partial charge in [-0.1, -0.05) is 0 Å². The highest BCUT2D eigenvalue weighted by atomic mass is 16.2. The van der Waals surface area contributed by atoms with E-state index < -0.39 is 5.41 Å². The van der Waals surface area contributed by atoms with Gasteiger partial charge in [0, 0.05) is 18.1 Å². The predicted octanol–water partition coefficient (Wildman–Crippen LogP) is 2.44. The lowest BCUT2D eigenvalue weighted by Gasteiger charge is -2.14. The normalized spacial score (nSPS) is 15.2. The summed E-state index contributed by atoms with van der Waals surface area (Å²) < 4.78 is 0. The van der Waals surface area contributed by atoms with Crippen molar-refractivity contribution in [2.24, 2.45) is 0 Å². The Kier molecular flexibility index (Phi) is 2.93. The number of nitrogens with one attached hydrogen (secondary N) is 3. The molecule has 0 atom stereocenters. The first-order valence-electron chi connectivity index (χ1n) is 7.52. The molecule has 7 heteroatoms. The van der Waals surface area contributed by atoms with Crippen LogP contribution in [0.4, 0.5) is 11.6 Å². The van der Waals surface area contributed by atoms with Crippen LogP contribution in [0.2, 0.25) is 0 Å². The SMILES string of the molecule is CC1(C)C(=O)Nc2cc3[nH]c(NC(=O)c4cccnc4)nc3cc21. The molecular weight excluding hydrogens is 306 g/mol. The fraction of sp³-hybridized carbons (Fsp3) is 0.176. The van der Waals surface area contributed by atoms with Gasteiger partial charge in [-0.2, -0.15) is 0 Å². The number of benzene rings is 1. The smallest absolute Gasteiger partial charge is 0.259 e. The summed E-state index contributed by atoms with van der Waals surface area (Å²) in [6.45, 7) is 3.75. The van der Waals surface area contributed by atoms with E-state index in [1.807, 2.05) is 26.0 Å². The van der Waals surface area contributed by atoms with Crippen molar-refractivity contribution in [3.63, 3.8) is 0 Å². The molecule has 0 aliphatic carbocycles. The minimum absolute atomic E-state index is 0.0322. The van der Waals surface area contributed by atoms with Gasteiger partial charge >= 0.3 is 0 Å². The summed E-state index contributed by atoms with van der Waals surface area (Å²) in [5.41, 5.74) is 2.96. The molecule has 0 unspecified atom stereocenters. The molecule has 7 nitrogen and oxygen atoms in total. The van der Waals surface area contributed by atoms with Gasteiger partial charge in [0.2, 0.25) is 11.9 Å². The minimum Gasteiger partial charge on any atom is -0.325 e. The Labute approximate surface area is 137 Å². The fourth-order valence-electron chi connectivity index (χ4n) is 2.81. The molecule has 3 aromatic rings. The van der Waals surface area contributed by atoms with Gasteiger partial charge in [0.25, 0.3) is 5.91 Å². The molecule has 2 amide bonds. The van der Waals surface area contributed by atoms with Crippen molar-refractivity contribution in [1.29, 1.82) is 0 Å². The molecule has 0 saturated heterocycles. The van der Waals surface area contributed by atoms with E-state index in [-0.39, 0.29) is 11.8 Å². The van der Waals surface area contributed by atoms with Crippen molar-refractivity contribution < 1.29 is 9.59 Å². The molecule has 1 aromatic carbocycles. The highest BCUT2D eigenvalue weighted by Crippen LogP contribution is 2.39. The molecule has 1 aliphatic heterocycles. The number of hydrogen-bond acceptors (Lipinski definition) is 4. The molecule has 3 heterocycles. The van der Waals surface area contributed by atoms with Gasteiger partial charge in [0.05, 0.1) is 22.0 Å². The van der Waals surface area contributed by atoms with Crippen LogP contribution in [0, 0.1) is 0 Å².